The Morgan fingerprint density at radius 3 is 2.56 bits per heavy atom. The number of hydrogen-bond donors (Lipinski definition) is 1. The van der Waals surface area contributed by atoms with Crippen molar-refractivity contribution < 1.29 is 9.59 Å². The summed E-state index contributed by atoms with van der Waals surface area (Å²) < 4.78 is 0. The molecule has 0 bridgehead atoms. The Labute approximate surface area is 51.9 Å². The Morgan fingerprint density at radius 1 is 1.44 bits per heavy atom. The molecule has 0 spiro atoms. The zero-order valence-corrected chi connectivity index (χ0v) is 4.68. The van der Waals surface area contributed by atoms with E-state index < -0.39 is 11.5 Å². The third-order valence-corrected chi connectivity index (χ3v) is 1.10. The highest BCUT2D eigenvalue weighted by atomic mass is 16.1. The SMILES string of the molecule is N=C1C(=O)C=CCC1=O. The minimum Gasteiger partial charge on any atom is -0.294 e. The molecule has 9 heavy (non-hydrogen) atoms. The first kappa shape index (κ1) is 5.88. The normalized spacial score (nSPS) is 18.9. The van der Waals surface area contributed by atoms with Gasteiger partial charge in [0, 0.05) is 6.42 Å². The Bertz CT molecular complexity index is 215. The number of nitrogens with one attached hydrogen (secondary N) is 1. The van der Waals surface area contributed by atoms with Gasteiger partial charge >= 0.3 is 0 Å². The summed E-state index contributed by atoms with van der Waals surface area (Å²) in [6.07, 6.45) is 2.93. The van der Waals surface area contributed by atoms with Gasteiger partial charge in [0.15, 0.2) is 5.78 Å². The minimum absolute atomic E-state index is 0.199. The van der Waals surface area contributed by atoms with E-state index >= 15 is 0 Å². The summed E-state index contributed by atoms with van der Waals surface area (Å²) in [5.74, 6) is -0.867. The highest BCUT2D eigenvalue weighted by Gasteiger charge is 2.17. The molecule has 0 aromatic rings. The molecule has 0 fully saturated rings. The van der Waals surface area contributed by atoms with E-state index in [0.29, 0.717) is 0 Å². The number of ketones is 2. The fourth-order valence-electron chi connectivity index (χ4n) is 0.596. The average molecular weight is 123 g/mol. The first-order chi connectivity index (χ1) is 4.22. The van der Waals surface area contributed by atoms with Crippen molar-refractivity contribution in [3.8, 4) is 0 Å². The number of rotatable bonds is 0. The molecule has 1 aliphatic carbocycles. The third kappa shape index (κ3) is 0.937. The first-order valence-corrected chi connectivity index (χ1v) is 2.54. The molecule has 0 aromatic heterocycles. The molecule has 0 unspecified atom stereocenters. The molecule has 0 aliphatic heterocycles. The molecule has 1 rings (SSSR count). The number of carbonyl (C=O) groups is 2. The summed E-state index contributed by atoms with van der Waals surface area (Å²) in [6.45, 7) is 0. The molecule has 3 nitrogen and oxygen atoms in total. The summed E-state index contributed by atoms with van der Waals surface area (Å²) in [5.41, 5.74) is -0.391. The van der Waals surface area contributed by atoms with Gasteiger partial charge in [-0.2, -0.15) is 0 Å². The van der Waals surface area contributed by atoms with Crippen molar-refractivity contribution in [2.24, 2.45) is 0 Å². The van der Waals surface area contributed by atoms with Gasteiger partial charge in [0.1, 0.15) is 5.71 Å². The third-order valence-electron chi connectivity index (χ3n) is 1.10. The van der Waals surface area contributed by atoms with Crippen molar-refractivity contribution in [2.75, 3.05) is 0 Å². The predicted molar refractivity (Wildman–Crippen MR) is 31.5 cm³/mol. The summed E-state index contributed by atoms with van der Waals surface area (Å²) in [6, 6.07) is 0. The van der Waals surface area contributed by atoms with E-state index in [4.69, 9.17) is 5.41 Å². The van der Waals surface area contributed by atoms with Crippen LogP contribution in [-0.2, 0) is 9.59 Å². The number of hydrogen-bond acceptors (Lipinski definition) is 3. The fraction of sp³-hybridized carbons (Fsp3) is 0.167. The largest absolute Gasteiger partial charge is 0.294 e. The molecule has 0 radical (unpaired) electrons. The van der Waals surface area contributed by atoms with Crippen LogP contribution in [0.25, 0.3) is 0 Å². The van der Waals surface area contributed by atoms with E-state index in [1.54, 1.807) is 0 Å². The van der Waals surface area contributed by atoms with E-state index in [1.165, 1.54) is 12.2 Å². The standard InChI is InChI=1S/C6H5NO2/c7-6-4(8)2-1-3-5(6)9/h1-2,7H,3H2. The molecule has 3 heteroatoms. The van der Waals surface area contributed by atoms with Gasteiger partial charge in [-0.05, 0) is 6.08 Å². The Hall–Kier alpha value is -1.25. The molecule has 1 aliphatic rings. The second-order valence-electron chi connectivity index (χ2n) is 1.77. The second kappa shape index (κ2) is 1.93. The summed E-state index contributed by atoms with van der Waals surface area (Å²) >= 11 is 0. The molecular formula is C6H5NO2. The number of Topliss-reactive ketones (excluding diaryl/α,β-unsaturated/α-hetero) is 1. The lowest BCUT2D eigenvalue weighted by molar-refractivity contribution is -0.115. The van der Waals surface area contributed by atoms with Crippen LogP contribution in [0, 0.1) is 5.41 Å². The molecule has 0 aromatic carbocycles. The monoisotopic (exact) mass is 123 g/mol. The Balaban J connectivity index is 2.94. The van der Waals surface area contributed by atoms with E-state index in [1.807, 2.05) is 0 Å². The lowest BCUT2D eigenvalue weighted by atomic mass is 10.0. The van der Waals surface area contributed by atoms with Crippen molar-refractivity contribution in [1.29, 1.82) is 5.41 Å². The Morgan fingerprint density at radius 2 is 2.11 bits per heavy atom. The fourth-order valence-corrected chi connectivity index (χ4v) is 0.596. The van der Waals surface area contributed by atoms with Crippen molar-refractivity contribution >= 4 is 17.3 Å². The highest BCUT2D eigenvalue weighted by Crippen LogP contribution is 1.97. The Kier molecular flexibility index (Phi) is 1.26. The maximum Gasteiger partial charge on any atom is 0.206 e. The van der Waals surface area contributed by atoms with Crippen molar-refractivity contribution in [3.63, 3.8) is 0 Å². The van der Waals surface area contributed by atoms with Gasteiger partial charge in [-0.15, -0.1) is 0 Å². The van der Waals surface area contributed by atoms with E-state index in [9.17, 15) is 9.59 Å². The molecular weight excluding hydrogens is 118 g/mol. The van der Waals surface area contributed by atoms with Crippen LogP contribution in [0.15, 0.2) is 12.2 Å². The number of carbonyl (C=O) groups excluding carboxylic acids is 2. The van der Waals surface area contributed by atoms with Crippen LogP contribution in [0.4, 0.5) is 0 Å². The first-order valence-electron chi connectivity index (χ1n) is 2.54. The van der Waals surface area contributed by atoms with Gasteiger partial charge in [-0.3, -0.25) is 15.0 Å². The van der Waals surface area contributed by atoms with Gasteiger partial charge in [-0.1, -0.05) is 6.08 Å². The summed E-state index contributed by atoms with van der Waals surface area (Å²) in [7, 11) is 0. The van der Waals surface area contributed by atoms with Gasteiger partial charge in [0.05, 0.1) is 0 Å². The average Bonchev–Trinajstić information content (AvgIpc) is 1.83. The van der Waals surface area contributed by atoms with E-state index in [0.717, 1.165) is 0 Å². The van der Waals surface area contributed by atoms with E-state index in [-0.39, 0.29) is 12.2 Å². The topological polar surface area (TPSA) is 58.0 Å². The van der Waals surface area contributed by atoms with Crippen molar-refractivity contribution in [3.05, 3.63) is 12.2 Å². The van der Waals surface area contributed by atoms with Crippen molar-refractivity contribution in [2.45, 2.75) is 6.42 Å². The quantitative estimate of drug-likeness (QED) is 0.496. The maximum absolute atomic E-state index is 10.5. The van der Waals surface area contributed by atoms with Crippen LogP contribution < -0.4 is 0 Å². The maximum atomic E-state index is 10.5. The summed E-state index contributed by atoms with van der Waals surface area (Å²) in [4.78, 5) is 21.0. The van der Waals surface area contributed by atoms with Gasteiger partial charge in [-0.25, -0.2) is 0 Å². The van der Waals surface area contributed by atoms with Crippen LogP contribution in [0.3, 0.4) is 0 Å². The lowest BCUT2D eigenvalue weighted by Gasteiger charge is -1.99. The lowest BCUT2D eigenvalue weighted by Crippen LogP contribution is -2.23. The number of allylic oxidation sites excluding steroid dienone is 2. The molecule has 0 amide bonds. The molecule has 1 N–H and O–H groups in total. The second-order valence-corrected chi connectivity index (χ2v) is 1.77. The molecule has 0 heterocycles. The van der Waals surface area contributed by atoms with Gasteiger partial charge in [0.2, 0.25) is 5.78 Å². The van der Waals surface area contributed by atoms with Gasteiger partial charge < -0.3 is 0 Å². The van der Waals surface area contributed by atoms with Crippen LogP contribution in [0.5, 0.6) is 0 Å². The summed E-state index contributed by atoms with van der Waals surface area (Å²) in [5, 5.41) is 6.85. The smallest absolute Gasteiger partial charge is 0.206 e. The van der Waals surface area contributed by atoms with Crippen LogP contribution in [-0.4, -0.2) is 17.3 Å². The zero-order chi connectivity index (χ0) is 6.85. The molecule has 0 saturated carbocycles. The van der Waals surface area contributed by atoms with E-state index in [2.05, 4.69) is 0 Å². The highest BCUT2D eigenvalue weighted by molar-refractivity contribution is 6.68. The van der Waals surface area contributed by atoms with Gasteiger partial charge in [0.25, 0.3) is 0 Å². The predicted octanol–water partition coefficient (Wildman–Crippen LogP) is 0.104. The minimum atomic E-state index is -0.480. The van der Waals surface area contributed by atoms with Crippen molar-refractivity contribution in [1.82, 2.24) is 0 Å². The molecule has 0 atom stereocenters. The molecule has 46 valence electrons. The zero-order valence-electron chi connectivity index (χ0n) is 4.68. The van der Waals surface area contributed by atoms with Crippen LogP contribution in [0.1, 0.15) is 6.42 Å². The van der Waals surface area contributed by atoms with Crippen LogP contribution >= 0.6 is 0 Å². The molecule has 0 saturated heterocycles. The van der Waals surface area contributed by atoms with Crippen LogP contribution in [0.2, 0.25) is 0 Å².